The summed E-state index contributed by atoms with van der Waals surface area (Å²) >= 11 is 6.43. The zero-order valence-electron chi connectivity index (χ0n) is 16.6. The summed E-state index contributed by atoms with van der Waals surface area (Å²) in [6.07, 6.45) is 0. The largest absolute Gasteiger partial charge is 0.373 e. The summed E-state index contributed by atoms with van der Waals surface area (Å²) in [7, 11) is 6.11. The van der Waals surface area contributed by atoms with Gasteiger partial charge in [-0.05, 0) is 52.2 Å². The van der Waals surface area contributed by atoms with E-state index >= 15 is 0 Å². The first-order chi connectivity index (χ1) is 12.7. The van der Waals surface area contributed by atoms with Crippen LogP contribution in [0.4, 0.5) is 17.1 Å². The van der Waals surface area contributed by atoms with Crippen LogP contribution in [-0.2, 0) is 0 Å². The summed E-state index contributed by atoms with van der Waals surface area (Å²) in [6.45, 7) is 5.70. The molecule has 1 heterocycles. The van der Waals surface area contributed by atoms with Crippen LogP contribution in [0.1, 0.15) is 24.2 Å². The van der Waals surface area contributed by atoms with Crippen LogP contribution in [0.15, 0.2) is 42.5 Å². The van der Waals surface area contributed by atoms with Crippen molar-refractivity contribution < 1.29 is 4.79 Å². The summed E-state index contributed by atoms with van der Waals surface area (Å²) in [5, 5.41) is 4.07. The Balaban J connectivity index is 2.07. The van der Waals surface area contributed by atoms with Crippen molar-refractivity contribution in [1.29, 1.82) is 0 Å². The van der Waals surface area contributed by atoms with Gasteiger partial charge in [0.15, 0.2) is 0 Å². The summed E-state index contributed by atoms with van der Waals surface area (Å²) in [5.74, 6) is -0.0471. The van der Waals surface area contributed by atoms with Gasteiger partial charge in [-0.25, -0.2) is 0 Å². The number of hydrogen-bond acceptors (Lipinski definition) is 4. The maximum Gasteiger partial charge on any atom is 0.264 e. The summed E-state index contributed by atoms with van der Waals surface area (Å²) in [4.78, 5) is 19.6. The fourth-order valence-corrected chi connectivity index (χ4v) is 3.67. The molecule has 0 saturated heterocycles. The SMILES string of the molecule is CN(C)CCN(C)c1cccc2c1C(=O)N(c1ccccc1Cl)C(C)(C)N2. The molecule has 0 aromatic heterocycles. The van der Waals surface area contributed by atoms with Gasteiger partial charge in [0.05, 0.1) is 27.6 Å². The Morgan fingerprint density at radius 3 is 2.41 bits per heavy atom. The number of likely N-dealkylation sites (N-methyl/N-ethyl adjacent to an activating group) is 2. The first-order valence-corrected chi connectivity index (χ1v) is 9.46. The maximum atomic E-state index is 13.6. The van der Waals surface area contributed by atoms with Crippen LogP contribution in [0.25, 0.3) is 0 Å². The van der Waals surface area contributed by atoms with Gasteiger partial charge < -0.3 is 15.1 Å². The molecular formula is C21H27ClN4O. The monoisotopic (exact) mass is 386 g/mol. The second-order valence-electron chi connectivity index (χ2n) is 7.70. The number of nitrogens with one attached hydrogen (secondary N) is 1. The van der Waals surface area contributed by atoms with E-state index in [1.807, 2.05) is 77.5 Å². The number of benzene rings is 2. The molecule has 0 bridgehead atoms. The molecule has 2 aromatic carbocycles. The van der Waals surface area contributed by atoms with E-state index in [4.69, 9.17) is 11.6 Å². The maximum absolute atomic E-state index is 13.6. The lowest BCUT2D eigenvalue weighted by Crippen LogP contribution is -2.57. The molecule has 3 rings (SSSR count). The quantitative estimate of drug-likeness (QED) is 0.837. The minimum Gasteiger partial charge on any atom is -0.373 e. The number of anilines is 3. The number of carbonyl (C=O) groups excluding carboxylic acids is 1. The van der Waals surface area contributed by atoms with Gasteiger partial charge in [-0.1, -0.05) is 29.8 Å². The highest BCUT2D eigenvalue weighted by atomic mass is 35.5. The molecular weight excluding hydrogens is 360 g/mol. The van der Waals surface area contributed by atoms with Gasteiger partial charge >= 0.3 is 0 Å². The van der Waals surface area contributed by atoms with Crippen LogP contribution in [0.2, 0.25) is 5.02 Å². The number of hydrogen-bond donors (Lipinski definition) is 1. The normalized spacial score (nSPS) is 15.5. The number of amides is 1. The zero-order valence-corrected chi connectivity index (χ0v) is 17.3. The Kier molecular flexibility index (Phi) is 5.36. The van der Waals surface area contributed by atoms with E-state index in [0.717, 1.165) is 24.5 Å². The highest BCUT2D eigenvalue weighted by Crippen LogP contribution is 2.41. The molecule has 1 aliphatic rings. The van der Waals surface area contributed by atoms with Gasteiger partial charge in [-0.2, -0.15) is 0 Å². The molecule has 5 nitrogen and oxygen atoms in total. The summed E-state index contributed by atoms with van der Waals surface area (Å²) < 4.78 is 0. The van der Waals surface area contributed by atoms with E-state index in [-0.39, 0.29) is 5.91 Å². The van der Waals surface area contributed by atoms with Crippen LogP contribution < -0.4 is 15.1 Å². The van der Waals surface area contributed by atoms with Crippen LogP contribution in [0.3, 0.4) is 0 Å². The molecule has 2 aromatic rings. The molecule has 27 heavy (non-hydrogen) atoms. The second kappa shape index (κ2) is 7.41. The van der Waals surface area contributed by atoms with Crippen molar-refractivity contribution in [2.75, 3.05) is 49.3 Å². The number of halogens is 1. The van der Waals surface area contributed by atoms with E-state index in [9.17, 15) is 4.79 Å². The highest BCUT2D eigenvalue weighted by molar-refractivity contribution is 6.34. The van der Waals surface area contributed by atoms with Gasteiger partial charge in [0, 0.05) is 20.1 Å². The molecule has 0 radical (unpaired) electrons. The summed E-state index contributed by atoms with van der Waals surface area (Å²) in [6, 6.07) is 13.4. The van der Waals surface area contributed by atoms with Crippen molar-refractivity contribution >= 4 is 34.6 Å². The molecule has 1 N–H and O–H groups in total. The second-order valence-corrected chi connectivity index (χ2v) is 8.11. The number of rotatable bonds is 5. The molecule has 1 amide bonds. The van der Waals surface area contributed by atoms with Crippen molar-refractivity contribution in [1.82, 2.24) is 4.90 Å². The van der Waals surface area contributed by atoms with Gasteiger partial charge in [0.2, 0.25) is 0 Å². The molecule has 0 fully saturated rings. The Hall–Kier alpha value is -2.24. The predicted octanol–water partition coefficient (Wildman–Crippen LogP) is 4.15. The Bertz CT molecular complexity index is 850. The molecule has 0 atom stereocenters. The van der Waals surface area contributed by atoms with Crippen LogP contribution in [0, 0.1) is 0 Å². The van der Waals surface area contributed by atoms with Crippen molar-refractivity contribution in [3.05, 3.63) is 53.1 Å². The highest BCUT2D eigenvalue weighted by Gasteiger charge is 2.41. The number of nitrogens with zero attached hydrogens (tertiary/aromatic N) is 3. The van der Waals surface area contributed by atoms with Crippen molar-refractivity contribution in [2.45, 2.75) is 19.5 Å². The van der Waals surface area contributed by atoms with Crippen molar-refractivity contribution in [3.8, 4) is 0 Å². The fourth-order valence-electron chi connectivity index (χ4n) is 3.45. The first-order valence-electron chi connectivity index (χ1n) is 9.08. The smallest absolute Gasteiger partial charge is 0.264 e. The summed E-state index contributed by atoms with van der Waals surface area (Å²) in [5.41, 5.74) is 2.55. The minimum absolute atomic E-state index is 0.0471. The van der Waals surface area contributed by atoms with Gasteiger partial charge in [0.25, 0.3) is 5.91 Å². The lowest BCUT2D eigenvalue weighted by molar-refractivity contribution is 0.0962. The average Bonchev–Trinajstić information content (AvgIpc) is 2.60. The van der Waals surface area contributed by atoms with Gasteiger partial charge in [-0.3, -0.25) is 9.69 Å². The molecule has 1 aliphatic heterocycles. The predicted molar refractivity (Wildman–Crippen MR) is 114 cm³/mol. The minimum atomic E-state index is -0.601. The number of fused-ring (bicyclic) bond motifs is 1. The van der Waals surface area contributed by atoms with Gasteiger partial charge in [0.1, 0.15) is 5.66 Å². The lowest BCUT2D eigenvalue weighted by atomic mass is 9.98. The third-order valence-corrected chi connectivity index (χ3v) is 5.17. The van der Waals surface area contributed by atoms with Gasteiger partial charge in [-0.15, -0.1) is 0 Å². The van der Waals surface area contributed by atoms with E-state index in [0.29, 0.717) is 16.3 Å². The molecule has 0 spiro atoms. The number of carbonyl (C=O) groups is 1. The van der Waals surface area contributed by atoms with Crippen molar-refractivity contribution in [3.63, 3.8) is 0 Å². The van der Waals surface area contributed by atoms with Crippen LogP contribution in [-0.4, -0.2) is 50.7 Å². The zero-order chi connectivity index (χ0) is 19.8. The van der Waals surface area contributed by atoms with E-state index in [1.165, 1.54) is 0 Å². The van der Waals surface area contributed by atoms with Crippen molar-refractivity contribution in [2.24, 2.45) is 0 Å². The van der Waals surface area contributed by atoms with E-state index in [1.54, 1.807) is 4.90 Å². The van der Waals surface area contributed by atoms with E-state index in [2.05, 4.69) is 15.1 Å². The number of para-hydroxylation sites is 1. The lowest BCUT2D eigenvalue weighted by Gasteiger charge is -2.45. The molecule has 0 saturated carbocycles. The van der Waals surface area contributed by atoms with Crippen LogP contribution >= 0.6 is 11.6 Å². The Labute approximate surface area is 166 Å². The molecule has 6 heteroatoms. The average molecular weight is 387 g/mol. The van der Waals surface area contributed by atoms with E-state index < -0.39 is 5.66 Å². The third kappa shape index (κ3) is 3.75. The molecule has 144 valence electrons. The fraction of sp³-hybridized carbons (Fsp3) is 0.381. The standard InChI is InChI=1S/C21H27ClN4O/c1-21(2)23-16-10-8-12-18(25(5)14-13-24(3)4)19(16)20(27)26(21)17-11-7-6-9-15(17)22/h6-12,23H,13-14H2,1-5H3. The molecule has 0 unspecified atom stereocenters. The Morgan fingerprint density at radius 1 is 1.04 bits per heavy atom. The topological polar surface area (TPSA) is 38.8 Å². The molecule has 0 aliphatic carbocycles. The van der Waals surface area contributed by atoms with Crippen LogP contribution in [0.5, 0.6) is 0 Å². The Morgan fingerprint density at radius 2 is 1.74 bits per heavy atom. The third-order valence-electron chi connectivity index (χ3n) is 4.85. The first kappa shape index (κ1) is 19.5.